The minimum Gasteiger partial charge on any atom is -0.506 e. The summed E-state index contributed by atoms with van der Waals surface area (Å²) < 4.78 is 50.7. The molecule has 1 aromatic rings. The Kier molecular flexibility index (Phi) is 7.82. The fourth-order valence-corrected chi connectivity index (χ4v) is 5.16. The van der Waals surface area contributed by atoms with Crippen molar-refractivity contribution in [3.63, 3.8) is 0 Å². The number of nitrogens with one attached hydrogen (secondary N) is 1. The highest BCUT2D eigenvalue weighted by atomic mass is 31.3. The lowest BCUT2D eigenvalue weighted by Gasteiger charge is -2.18. The molecule has 0 fully saturated rings. The molecule has 3 unspecified atom stereocenters. The zero-order valence-corrected chi connectivity index (χ0v) is 18.3. The Balaban J connectivity index is 2.09. The molecule has 0 spiro atoms. The summed E-state index contributed by atoms with van der Waals surface area (Å²) in [5.74, 6) is -2.29. The molecule has 1 aliphatic rings. The van der Waals surface area contributed by atoms with Gasteiger partial charge in [-0.2, -0.15) is 13.6 Å². The third-order valence-corrected chi connectivity index (χ3v) is 7.06. The van der Waals surface area contributed by atoms with Crippen LogP contribution in [0.25, 0.3) is 0 Å². The molecule has 180 valence electrons. The second kappa shape index (κ2) is 9.51. The first kappa shape index (κ1) is 26.3. The minimum atomic E-state index is -5.76. The number of carbonyl (C=O) groups excluding carboxylic acids is 1. The number of anilines is 1. The van der Waals surface area contributed by atoms with Crippen LogP contribution in [0.4, 0.5) is 5.82 Å². The smallest absolute Gasteiger partial charge is 0.490 e. The number of phosphoric acid groups is 3. The van der Waals surface area contributed by atoms with Crippen molar-refractivity contribution in [2.45, 2.75) is 19.3 Å². The molecule has 0 radical (unpaired) electrons. The van der Waals surface area contributed by atoms with Gasteiger partial charge in [0.25, 0.3) is 0 Å². The van der Waals surface area contributed by atoms with Crippen LogP contribution in [0.2, 0.25) is 0 Å². The number of carbonyl (C=O) groups is 1. The molecular formula is C11H16N3O15P3. The Labute approximate surface area is 177 Å². The molecule has 1 amide bonds. The van der Waals surface area contributed by atoms with Gasteiger partial charge in [-0.1, -0.05) is 0 Å². The van der Waals surface area contributed by atoms with E-state index in [2.05, 4.69) is 23.4 Å². The van der Waals surface area contributed by atoms with Crippen molar-refractivity contribution in [3.05, 3.63) is 34.3 Å². The largest absolute Gasteiger partial charge is 0.506 e. The van der Waals surface area contributed by atoms with Crippen LogP contribution in [0, 0.1) is 0 Å². The molecule has 0 saturated heterocycles. The van der Waals surface area contributed by atoms with Crippen molar-refractivity contribution in [2.24, 2.45) is 0 Å². The van der Waals surface area contributed by atoms with E-state index in [0.29, 0.717) is 4.57 Å². The van der Waals surface area contributed by atoms with Crippen LogP contribution in [0.1, 0.15) is 13.2 Å². The molecule has 0 saturated carbocycles. The van der Waals surface area contributed by atoms with Gasteiger partial charge < -0.3 is 39.8 Å². The van der Waals surface area contributed by atoms with E-state index in [1.807, 2.05) is 0 Å². The number of hydrogen-bond donors (Lipinski definition) is 7. The second-order valence-electron chi connectivity index (χ2n) is 5.81. The average molecular weight is 523 g/mol. The maximum Gasteiger partial charge on any atom is 0.490 e. The lowest BCUT2D eigenvalue weighted by Crippen LogP contribution is -2.33. The van der Waals surface area contributed by atoms with Crippen LogP contribution in [0.3, 0.4) is 0 Å². The topological polar surface area (TPSA) is 273 Å². The van der Waals surface area contributed by atoms with Gasteiger partial charge >= 0.3 is 29.2 Å². The van der Waals surface area contributed by atoms with Gasteiger partial charge in [0.1, 0.15) is 12.4 Å². The Hall–Kier alpha value is -1.94. The third kappa shape index (κ3) is 7.30. The Bertz CT molecular complexity index is 1130. The van der Waals surface area contributed by atoms with Crippen molar-refractivity contribution in [1.82, 2.24) is 9.55 Å². The molecule has 21 heteroatoms. The SMILES string of the molecule is CC(=O)Nc1ccn([C@@H]2OC(COP(=O)(O)OP(=O)(O)OP(=O)(O)O)=C(O)C2O)c(=O)n1. The van der Waals surface area contributed by atoms with E-state index in [1.54, 1.807) is 0 Å². The minimum absolute atomic E-state index is 0.115. The number of phosphoric ester groups is 1. The van der Waals surface area contributed by atoms with Crippen molar-refractivity contribution < 1.29 is 66.2 Å². The maximum absolute atomic E-state index is 12.1. The van der Waals surface area contributed by atoms with Crippen LogP contribution < -0.4 is 11.0 Å². The first-order valence-electron chi connectivity index (χ1n) is 7.91. The van der Waals surface area contributed by atoms with Gasteiger partial charge in [-0.3, -0.25) is 13.9 Å². The summed E-state index contributed by atoms with van der Waals surface area (Å²) in [6.07, 6.45) is -2.46. The maximum atomic E-state index is 12.1. The summed E-state index contributed by atoms with van der Waals surface area (Å²) in [5.41, 5.74) is -1.03. The van der Waals surface area contributed by atoms with E-state index in [-0.39, 0.29) is 5.82 Å². The molecule has 1 aliphatic heterocycles. The summed E-state index contributed by atoms with van der Waals surface area (Å²) in [7, 11) is -16.9. The van der Waals surface area contributed by atoms with Gasteiger partial charge in [0.15, 0.2) is 17.6 Å². The van der Waals surface area contributed by atoms with E-state index in [9.17, 15) is 38.4 Å². The molecule has 2 rings (SSSR count). The first-order chi connectivity index (χ1) is 14.5. The van der Waals surface area contributed by atoms with Crippen LogP contribution in [-0.2, 0) is 36.4 Å². The monoisotopic (exact) mass is 523 g/mol. The number of hydrogen-bond acceptors (Lipinski definition) is 12. The fraction of sp³-hybridized carbons (Fsp3) is 0.364. The fourth-order valence-electron chi connectivity index (χ4n) is 2.19. The normalized spacial score (nSPS) is 22.7. The predicted molar refractivity (Wildman–Crippen MR) is 98.4 cm³/mol. The summed E-state index contributed by atoms with van der Waals surface area (Å²) in [4.78, 5) is 62.0. The highest BCUT2D eigenvalue weighted by Gasteiger charge is 2.43. The molecule has 32 heavy (non-hydrogen) atoms. The van der Waals surface area contributed by atoms with Crippen LogP contribution in [0.15, 0.2) is 28.6 Å². The number of aliphatic hydroxyl groups excluding tert-OH is 2. The molecule has 18 nitrogen and oxygen atoms in total. The summed E-state index contributed by atoms with van der Waals surface area (Å²) >= 11 is 0. The number of nitrogens with zero attached hydrogens (tertiary/aromatic N) is 2. The number of ether oxygens (including phenoxy) is 1. The van der Waals surface area contributed by atoms with E-state index < -0.39 is 65.5 Å². The van der Waals surface area contributed by atoms with Crippen molar-refractivity contribution in [3.8, 4) is 0 Å². The molecule has 1 aromatic heterocycles. The van der Waals surface area contributed by atoms with E-state index in [4.69, 9.17) is 19.4 Å². The van der Waals surface area contributed by atoms with Gasteiger partial charge in [0.2, 0.25) is 12.1 Å². The molecule has 7 N–H and O–H groups in total. The zero-order chi connectivity index (χ0) is 24.5. The number of aromatic nitrogens is 2. The summed E-state index contributed by atoms with van der Waals surface area (Å²) in [6, 6.07) is 1.17. The lowest BCUT2D eigenvalue weighted by molar-refractivity contribution is -0.114. The number of aliphatic hydroxyl groups is 2. The van der Waals surface area contributed by atoms with Gasteiger partial charge in [-0.25, -0.2) is 18.5 Å². The third-order valence-electron chi connectivity index (χ3n) is 3.28. The lowest BCUT2D eigenvalue weighted by atomic mass is 10.2. The van der Waals surface area contributed by atoms with Crippen LogP contribution in [-0.4, -0.2) is 58.0 Å². The molecule has 0 bridgehead atoms. The highest BCUT2D eigenvalue weighted by molar-refractivity contribution is 7.66. The van der Waals surface area contributed by atoms with Gasteiger partial charge in [-0.15, -0.1) is 0 Å². The summed E-state index contributed by atoms with van der Waals surface area (Å²) in [5, 5.41) is 22.2. The van der Waals surface area contributed by atoms with Gasteiger partial charge in [0.05, 0.1) is 0 Å². The Morgan fingerprint density at radius 2 is 1.84 bits per heavy atom. The predicted octanol–water partition coefficient (Wildman–Crippen LogP) is -0.796. The highest BCUT2D eigenvalue weighted by Crippen LogP contribution is 2.66. The van der Waals surface area contributed by atoms with Gasteiger partial charge in [0, 0.05) is 13.1 Å². The molecule has 4 atom stereocenters. The number of rotatable bonds is 9. The van der Waals surface area contributed by atoms with Gasteiger partial charge in [-0.05, 0) is 6.07 Å². The Morgan fingerprint density at radius 1 is 1.22 bits per heavy atom. The quantitative estimate of drug-likeness (QED) is 0.195. The van der Waals surface area contributed by atoms with Crippen LogP contribution in [0.5, 0.6) is 0 Å². The number of amides is 1. The van der Waals surface area contributed by atoms with Crippen molar-refractivity contribution in [2.75, 3.05) is 11.9 Å². The molecule has 0 aromatic carbocycles. The first-order valence-corrected chi connectivity index (χ1v) is 12.4. The van der Waals surface area contributed by atoms with E-state index in [1.165, 1.54) is 13.0 Å². The van der Waals surface area contributed by atoms with Crippen molar-refractivity contribution >= 4 is 35.2 Å². The van der Waals surface area contributed by atoms with E-state index in [0.717, 1.165) is 6.20 Å². The van der Waals surface area contributed by atoms with Crippen molar-refractivity contribution in [1.29, 1.82) is 0 Å². The molecule has 0 aliphatic carbocycles. The standard InChI is InChI=1S/C11H16N3O15P3/c1-5(15)12-7-2-3-14(11(18)13-7)10-9(17)8(16)6(27-10)4-26-31(22,23)29-32(24,25)28-30(19,20)21/h2-3,9-10,16-17H,4H2,1H3,(H,22,23)(H,24,25)(H2,19,20,21)(H,12,13,15,18)/t9?,10-/m1/s1. The summed E-state index contributed by atoms with van der Waals surface area (Å²) in [6.45, 7) is -0.00187. The molecular weight excluding hydrogens is 507 g/mol. The molecule has 2 heterocycles. The van der Waals surface area contributed by atoms with Crippen LogP contribution >= 0.6 is 23.5 Å². The Morgan fingerprint density at radius 3 is 2.38 bits per heavy atom. The van der Waals surface area contributed by atoms with E-state index >= 15 is 0 Å². The second-order valence-corrected chi connectivity index (χ2v) is 10.2. The zero-order valence-electron chi connectivity index (χ0n) is 15.6. The average Bonchev–Trinajstić information content (AvgIpc) is 2.85.